The largest absolute Gasteiger partial charge is 0.304 e. The molecule has 0 fully saturated rings. The van der Waals surface area contributed by atoms with Crippen molar-refractivity contribution >= 4 is 0 Å². The van der Waals surface area contributed by atoms with E-state index in [-0.39, 0.29) is 114 Å². The Labute approximate surface area is 898 Å². The SMILES string of the molecule is Cc1cccc(-c2ccc(-c3[c-]cccc3)nc2)n1.[2H]C(C)(C)C([2H])([2H])c1cccc(-c2ccc(-c3[c-]cccc3)nc2)n1.[2H]C([2H])(C)c1cccc(-c2ccc(-c3[c-]cccc3)nc2)n1.[2H]C([2H])([2H])C([2H])(C)c1cccc(-c2ccc(-c3[c-]cccc3)nc2)n1.[2H]C([2H])([2H])c1ccc(-c2[c-]cccc2)nc1.[2H]C([2H])([2H])c1ccc(-c2[c-]cccc2)nc1.[2H]C([2H])([2H])c1ccc(-c2[c-]cccc2)nc1.[2H]C([2H])([2H])c1ccc(-c2[c-]cccc2)nc1.[Ir].[Ir].[Ir].[Ir]. The Kier molecular flexibility index (Phi) is 33.7. The van der Waals surface area contributed by atoms with Gasteiger partial charge in [0.05, 0.1) is 22.8 Å². The molecular formula is C122H104Ir4N12-8. The van der Waals surface area contributed by atoms with E-state index >= 15 is 0 Å². The Balaban J connectivity index is 0.000000201. The number of hydrogen-bond acceptors (Lipinski definition) is 12. The van der Waals surface area contributed by atoms with Crippen LogP contribution in [0.15, 0.2) is 414 Å². The van der Waals surface area contributed by atoms with E-state index in [9.17, 15) is 0 Å². The van der Waals surface area contributed by atoms with Gasteiger partial charge >= 0.3 is 0 Å². The molecule has 0 N–H and O–H groups in total. The van der Waals surface area contributed by atoms with Crippen molar-refractivity contribution in [3.8, 4) is 135 Å². The van der Waals surface area contributed by atoms with Gasteiger partial charge in [-0.3, -0.25) is 19.9 Å². The Morgan fingerprint density at radius 1 is 0.254 bits per heavy atom. The maximum atomic E-state index is 8.22. The fourth-order valence-electron chi connectivity index (χ4n) is 12.6. The first kappa shape index (κ1) is 80.3. The molecule has 696 valence electrons. The van der Waals surface area contributed by atoms with Gasteiger partial charge in [-0.1, -0.05) is 156 Å². The molecule has 138 heavy (non-hydrogen) atoms. The molecule has 0 saturated heterocycles. The second-order valence-electron chi connectivity index (χ2n) is 29.6. The minimum absolute atomic E-state index is 0. The van der Waals surface area contributed by atoms with Crippen molar-refractivity contribution < 1.29 is 109 Å². The zero-order valence-corrected chi connectivity index (χ0v) is 85.0. The third kappa shape index (κ3) is 34.4. The Morgan fingerprint density at radius 3 is 0.725 bits per heavy atom. The summed E-state index contributed by atoms with van der Waals surface area (Å²) in [5.74, 6) is -3.06. The minimum atomic E-state index is -2.45. The van der Waals surface area contributed by atoms with Crippen LogP contribution in [0.2, 0.25) is 0 Å². The molecule has 0 saturated carbocycles. The topological polar surface area (TPSA) is 155 Å². The molecule has 0 spiro atoms. The van der Waals surface area contributed by atoms with Crippen molar-refractivity contribution in [2.24, 2.45) is 5.89 Å². The van der Waals surface area contributed by atoms with Crippen LogP contribution in [-0.4, -0.2) is 59.8 Å². The molecule has 0 aliphatic rings. The average Bonchev–Trinajstić information content (AvgIpc) is 0.784. The molecule has 8 aromatic carbocycles. The number of aryl methyl sites for hydroxylation is 6. The molecular weight excluding hydrogens is 2400 g/mol. The monoisotopic (exact) mass is 2530 g/mol. The number of pyridine rings is 12. The van der Waals surface area contributed by atoms with Gasteiger partial charge in [-0.05, 0) is 175 Å². The van der Waals surface area contributed by atoms with Gasteiger partial charge < -0.3 is 39.9 Å². The summed E-state index contributed by atoms with van der Waals surface area (Å²) in [6.07, 6.45) is 9.30. The first-order chi connectivity index (χ1) is 73.7. The maximum Gasteiger partial charge on any atom is 0.0720 e. The van der Waals surface area contributed by atoms with E-state index in [1.165, 1.54) is 38.6 Å². The van der Waals surface area contributed by atoms with E-state index in [1.807, 2.05) is 268 Å². The van der Waals surface area contributed by atoms with Crippen LogP contribution < -0.4 is 0 Å². The third-order valence-electron chi connectivity index (χ3n) is 19.3. The summed E-state index contributed by atoms with van der Waals surface area (Å²) in [6, 6.07) is 136. The number of nitrogens with zero attached hydrogens (tertiary/aromatic N) is 12. The van der Waals surface area contributed by atoms with Gasteiger partial charge in [0.2, 0.25) is 0 Å². The first-order valence-electron chi connectivity index (χ1n) is 53.1. The van der Waals surface area contributed by atoms with Gasteiger partial charge in [0.1, 0.15) is 0 Å². The van der Waals surface area contributed by atoms with E-state index < -0.39 is 58.8 Å². The van der Waals surface area contributed by atoms with Crippen LogP contribution in [0.25, 0.3) is 135 Å². The number of benzene rings is 8. The van der Waals surface area contributed by atoms with E-state index in [2.05, 4.69) is 108 Å². The Morgan fingerprint density at radius 2 is 0.500 bits per heavy atom. The summed E-state index contributed by atoms with van der Waals surface area (Å²) < 4.78 is 158. The summed E-state index contributed by atoms with van der Waals surface area (Å²) in [4.78, 5) is 52.1. The zero-order chi connectivity index (χ0) is 111. The van der Waals surface area contributed by atoms with Gasteiger partial charge in [-0.15, -0.1) is 287 Å². The molecule has 0 bridgehead atoms. The van der Waals surface area contributed by atoms with Crippen molar-refractivity contribution in [3.05, 3.63) is 507 Å². The second-order valence-corrected chi connectivity index (χ2v) is 29.6. The van der Waals surface area contributed by atoms with Crippen LogP contribution in [0, 0.1) is 88.8 Å². The fraction of sp³-hybridized carbons (Fsp3) is 0.115. The van der Waals surface area contributed by atoms with E-state index in [0.717, 1.165) is 129 Å². The van der Waals surface area contributed by atoms with Crippen molar-refractivity contribution in [2.75, 3.05) is 0 Å². The maximum absolute atomic E-state index is 8.22. The van der Waals surface area contributed by atoms with Gasteiger partial charge in [0, 0.05) is 204 Å². The summed E-state index contributed by atoms with van der Waals surface area (Å²) in [7, 11) is 0. The van der Waals surface area contributed by atoms with Crippen LogP contribution in [0.1, 0.15) is 114 Å². The van der Waals surface area contributed by atoms with Gasteiger partial charge in [0.25, 0.3) is 0 Å². The molecule has 0 amide bonds. The van der Waals surface area contributed by atoms with Crippen LogP contribution in [0.3, 0.4) is 0 Å². The second kappa shape index (κ2) is 57.9. The summed E-state index contributed by atoms with van der Waals surface area (Å²) >= 11 is 0. The van der Waals surface area contributed by atoms with Gasteiger partial charge in [-0.2, -0.15) is 0 Å². The van der Waals surface area contributed by atoms with Crippen LogP contribution >= 0.6 is 0 Å². The molecule has 1 atom stereocenters. The normalized spacial score (nSPS) is 13.5. The molecule has 20 rings (SSSR count). The van der Waals surface area contributed by atoms with Gasteiger partial charge in [-0.25, -0.2) is 0 Å². The summed E-state index contributed by atoms with van der Waals surface area (Å²) in [6.45, 7) is -2.86. The molecule has 0 aliphatic heterocycles. The van der Waals surface area contributed by atoms with Crippen LogP contribution in [-0.2, 0) is 93.2 Å². The molecule has 12 aromatic heterocycles. The van der Waals surface area contributed by atoms with Gasteiger partial charge in [0.15, 0.2) is 0 Å². The third-order valence-corrected chi connectivity index (χ3v) is 19.3. The first-order valence-corrected chi connectivity index (χ1v) is 42.6. The van der Waals surface area contributed by atoms with Crippen molar-refractivity contribution in [3.63, 3.8) is 0 Å². The number of aromatic nitrogens is 12. The number of hydrogen-bond donors (Lipinski definition) is 0. The molecule has 12 nitrogen and oxygen atoms in total. The van der Waals surface area contributed by atoms with Crippen molar-refractivity contribution in [2.45, 2.75) is 87.5 Å². The summed E-state index contributed by atoms with van der Waals surface area (Å²) in [5.41, 5.74) is 22.8. The van der Waals surface area contributed by atoms with E-state index in [0.29, 0.717) is 17.1 Å². The molecule has 0 aliphatic carbocycles. The standard InChI is InChI=1S/C20H19N2.C19H17N2.C18H15N2.C17H13N2.4C12H10N.4Ir/c1-15(2)13-18-9-6-10-20(22-18)17-11-12-19(21-14-17)16-7-4-3-5-8-16;1-14(2)17-9-6-10-19(21-17)16-11-12-18(20-13-16)15-7-4-3-5-8-15;1-2-16-9-6-10-18(20-16)15-11-12-17(19-13-15)14-7-4-3-5-8-14;1-13-6-5-9-17(19-13)15-10-11-16(18-12-15)14-7-3-2-4-8-14;4*1-10-7-8-12(13-9-10)11-5-3-2-4-6-11;;;;/h3-7,9-12,14-15H,13H2,1-2H3;3-7,9-14H,1-2H3;3-7,9-13H,2H2,1H3;2-7,9-12H,1H3;4*2-5,7-9H,1H3;;;;/q8*-1;;;;/i13D2,15D;1D3,14D;2D2;;4*1D3;;;;. The zero-order valence-electron chi connectivity index (χ0n) is 96.5. The smallest absolute Gasteiger partial charge is 0.0720 e. The van der Waals surface area contributed by atoms with Crippen LogP contribution in [0.4, 0.5) is 0 Å². The molecule has 1 unspecified atom stereocenters. The minimum Gasteiger partial charge on any atom is -0.304 e. The molecule has 4 radical (unpaired) electrons. The van der Waals surface area contributed by atoms with Crippen molar-refractivity contribution in [1.82, 2.24) is 59.8 Å². The molecule has 20 aromatic rings. The molecule has 12 heterocycles. The van der Waals surface area contributed by atoms with E-state index in [1.54, 1.807) is 142 Å². The average molecular weight is 2530 g/mol. The predicted molar refractivity (Wildman–Crippen MR) is 547 cm³/mol. The summed E-state index contributed by atoms with van der Waals surface area (Å²) in [5, 5.41) is 0. The quantitative estimate of drug-likeness (QED) is 0.0846. The van der Waals surface area contributed by atoms with Crippen LogP contribution in [0.5, 0.6) is 0 Å². The fourth-order valence-corrected chi connectivity index (χ4v) is 12.6. The Bertz CT molecular complexity index is 7260. The van der Waals surface area contributed by atoms with E-state index in [4.69, 9.17) is 28.8 Å². The Hall–Kier alpha value is -13.8. The molecule has 16 heteroatoms. The number of rotatable bonds is 16. The van der Waals surface area contributed by atoms with Crippen molar-refractivity contribution in [1.29, 1.82) is 0 Å². The predicted octanol–water partition coefficient (Wildman–Crippen LogP) is 29.1.